The Labute approximate surface area is 126 Å². The number of amides is 1. The zero-order valence-corrected chi connectivity index (χ0v) is 11.7. The fraction of sp³-hybridized carbons (Fsp3) is 0.125. The van der Waals surface area contributed by atoms with E-state index in [1.807, 2.05) is 30.3 Å². The zero-order chi connectivity index (χ0) is 15.4. The SMILES string of the molecule is O=C(NCc1nc2ccc(O)cc2[nH]1)OCc1ccccc1. The highest BCUT2D eigenvalue weighted by molar-refractivity contribution is 5.76. The molecule has 0 fully saturated rings. The van der Waals surface area contributed by atoms with Gasteiger partial charge < -0.3 is 20.1 Å². The largest absolute Gasteiger partial charge is 0.508 e. The van der Waals surface area contributed by atoms with E-state index in [0.29, 0.717) is 5.82 Å². The van der Waals surface area contributed by atoms with Gasteiger partial charge in [0.25, 0.3) is 0 Å². The molecule has 0 aliphatic heterocycles. The summed E-state index contributed by atoms with van der Waals surface area (Å²) in [5.74, 6) is 0.759. The minimum atomic E-state index is -0.507. The fourth-order valence-corrected chi connectivity index (χ4v) is 2.06. The van der Waals surface area contributed by atoms with E-state index in [2.05, 4.69) is 15.3 Å². The molecule has 2 aromatic carbocycles. The number of carbonyl (C=O) groups excluding carboxylic acids is 1. The highest BCUT2D eigenvalue weighted by Crippen LogP contribution is 2.17. The molecule has 6 nitrogen and oxygen atoms in total. The maximum atomic E-state index is 11.6. The Morgan fingerprint density at radius 2 is 2.05 bits per heavy atom. The van der Waals surface area contributed by atoms with Gasteiger partial charge in [0.05, 0.1) is 17.6 Å². The second-order valence-corrected chi connectivity index (χ2v) is 4.80. The molecule has 0 saturated carbocycles. The number of hydrogen-bond acceptors (Lipinski definition) is 4. The van der Waals surface area contributed by atoms with Gasteiger partial charge in [-0.25, -0.2) is 9.78 Å². The molecule has 0 radical (unpaired) electrons. The van der Waals surface area contributed by atoms with Gasteiger partial charge in [0.15, 0.2) is 0 Å². The predicted molar refractivity (Wildman–Crippen MR) is 81.2 cm³/mol. The van der Waals surface area contributed by atoms with Gasteiger partial charge in [-0.15, -0.1) is 0 Å². The van der Waals surface area contributed by atoms with Crippen LogP contribution in [0.3, 0.4) is 0 Å². The van der Waals surface area contributed by atoms with E-state index in [1.165, 1.54) is 0 Å². The first kappa shape index (κ1) is 13.9. The predicted octanol–water partition coefficient (Wildman–Crippen LogP) is 2.69. The van der Waals surface area contributed by atoms with Crippen LogP contribution in [0, 0.1) is 0 Å². The lowest BCUT2D eigenvalue weighted by Crippen LogP contribution is -2.24. The summed E-state index contributed by atoms with van der Waals surface area (Å²) in [6.07, 6.45) is -0.507. The van der Waals surface area contributed by atoms with Crippen LogP contribution in [0.1, 0.15) is 11.4 Å². The molecule has 3 N–H and O–H groups in total. The number of phenols is 1. The summed E-state index contributed by atoms with van der Waals surface area (Å²) in [7, 11) is 0. The van der Waals surface area contributed by atoms with Crippen LogP contribution in [0.25, 0.3) is 11.0 Å². The molecule has 0 atom stereocenters. The van der Waals surface area contributed by atoms with Gasteiger partial charge in [0.1, 0.15) is 18.2 Å². The van der Waals surface area contributed by atoms with Crippen LogP contribution in [-0.2, 0) is 17.9 Å². The summed E-state index contributed by atoms with van der Waals surface area (Å²) in [5, 5.41) is 12.0. The number of phenolic OH excluding ortho intramolecular Hbond substituents is 1. The molecule has 0 saturated heterocycles. The lowest BCUT2D eigenvalue weighted by atomic mass is 10.2. The molecule has 0 spiro atoms. The van der Waals surface area contributed by atoms with Crippen molar-refractivity contribution in [3.8, 4) is 5.75 Å². The van der Waals surface area contributed by atoms with Crippen molar-refractivity contribution in [3.05, 3.63) is 59.9 Å². The van der Waals surface area contributed by atoms with Crippen molar-refractivity contribution in [2.45, 2.75) is 13.2 Å². The molecule has 1 heterocycles. The minimum Gasteiger partial charge on any atom is -0.508 e. The van der Waals surface area contributed by atoms with Gasteiger partial charge in [0.2, 0.25) is 0 Å². The van der Waals surface area contributed by atoms with Crippen molar-refractivity contribution >= 4 is 17.1 Å². The number of alkyl carbamates (subject to hydrolysis) is 1. The molecule has 22 heavy (non-hydrogen) atoms. The molecular formula is C16H15N3O3. The average molecular weight is 297 g/mol. The molecule has 0 unspecified atom stereocenters. The lowest BCUT2D eigenvalue weighted by molar-refractivity contribution is 0.139. The smallest absolute Gasteiger partial charge is 0.407 e. The first-order chi connectivity index (χ1) is 10.7. The quantitative estimate of drug-likeness (QED) is 0.691. The van der Waals surface area contributed by atoms with Crippen LogP contribution >= 0.6 is 0 Å². The standard InChI is InChI=1S/C16H15N3O3/c20-12-6-7-13-14(8-12)19-15(18-13)9-17-16(21)22-10-11-4-2-1-3-5-11/h1-8,20H,9-10H2,(H,17,21)(H,18,19). The van der Waals surface area contributed by atoms with Gasteiger partial charge in [-0.1, -0.05) is 30.3 Å². The third-order valence-electron chi connectivity index (χ3n) is 3.13. The number of benzene rings is 2. The number of rotatable bonds is 4. The van der Waals surface area contributed by atoms with Crippen molar-refractivity contribution in [2.24, 2.45) is 0 Å². The molecule has 6 heteroatoms. The van der Waals surface area contributed by atoms with E-state index in [9.17, 15) is 9.90 Å². The van der Waals surface area contributed by atoms with Crippen LogP contribution in [0.15, 0.2) is 48.5 Å². The zero-order valence-electron chi connectivity index (χ0n) is 11.7. The number of ether oxygens (including phenoxy) is 1. The van der Waals surface area contributed by atoms with Crippen LogP contribution in [0.5, 0.6) is 5.75 Å². The summed E-state index contributed by atoms with van der Waals surface area (Å²) in [6, 6.07) is 14.3. The summed E-state index contributed by atoms with van der Waals surface area (Å²) in [5.41, 5.74) is 2.37. The number of hydrogen-bond donors (Lipinski definition) is 3. The number of aromatic hydroxyl groups is 1. The van der Waals surface area contributed by atoms with E-state index in [4.69, 9.17) is 4.74 Å². The van der Waals surface area contributed by atoms with Gasteiger partial charge in [-0.05, 0) is 17.7 Å². The maximum Gasteiger partial charge on any atom is 0.407 e. The maximum absolute atomic E-state index is 11.6. The summed E-state index contributed by atoms with van der Waals surface area (Å²) in [6.45, 7) is 0.448. The van der Waals surface area contributed by atoms with Crippen molar-refractivity contribution in [1.29, 1.82) is 0 Å². The second kappa shape index (κ2) is 6.17. The number of fused-ring (bicyclic) bond motifs is 1. The Morgan fingerprint density at radius 1 is 1.23 bits per heavy atom. The Hall–Kier alpha value is -3.02. The van der Waals surface area contributed by atoms with Crippen molar-refractivity contribution in [3.63, 3.8) is 0 Å². The molecule has 0 aliphatic carbocycles. The van der Waals surface area contributed by atoms with Crippen molar-refractivity contribution in [2.75, 3.05) is 0 Å². The van der Waals surface area contributed by atoms with E-state index in [1.54, 1.807) is 18.2 Å². The highest BCUT2D eigenvalue weighted by Gasteiger charge is 2.06. The third-order valence-corrected chi connectivity index (χ3v) is 3.13. The van der Waals surface area contributed by atoms with E-state index in [-0.39, 0.29) is 18.9 Å². The molecule has 1 aromatic heterocycles. The molecule has 112 valence electrons. The highest BCUT2D eigenvalue weighted by atomic mass is 16.5. The number of aromatic nitrogens is 2. The Balaban J connectivity index is 1.53. The summed E-state index contributed by atoms with van der Waals surface area (Å²) in [4.78, 5) is 19.0. The van der Waals surface area contributed by atoms with Crippen LogP contribution in [0.2, 0.25) is 0 Å². The van der Waals surface area contributed by atoms with Gasteiger partial charge in [-0.2, -0.15) is 0 Å². The molecular weight excluding hydrogens is 282 g/mol. The molecule has 0 bridgehead atoms. The van der Waals surface area contributed by atoms with Crippen LogP contribution in [-0.4, -0.2) is 21.2 Å². The lowest BCUT2D eigenvalue weighted by Gasteiger charge is -2.05. The van der Waals surface area contributed by atoms with E-state index in [0.717, 1.165) is 16.6 Å². The van der Waals surface area contributed by atoms with Crippen molar-refractivity contribution < 1.29 is 14.6 Å². The van der Waals surface area contributed by atoms with Gasteiger partial charge in [-0.3, -0.25) is 0 Å². The first-order valence-corrected chi connectivity index (χ1v) is 6.83. The molecule has 1 amide bonds. The Bertz CT molecular complexity index is 784. The number of nitrogens with one attached hydrogen (secondary N) is 2. The van der Waals surface area contributed by atoms with Crippen LogP contribution < -0.4 is 5.32 Å². The average Bonchev–Trinajstić information content (AvgIpc) is 2.94. The molecule has 0 aliphatic rings. The monoisotopic (exact) mass is 297 g/mol. The third kappa shape index (κ3) is 3.35. The van der Waals surface area contributed by atoms with Crippen LogP contribution in [0.4, 0.5) is 4.79 Å². The second-order valence-electron chi connectivity index (χ2n) is 4.80. The number of imidazole rings is 1. The van der Waals surface area contributed by atoms with Crippen molar-refractivity contribution in [1.82, 2.24) is 15.3 Å². The minimum absolute atomic E-state index is 0.165. The molecule has 3 aromatic rings. The summed E-state index contributed by atoms with van der Waals surface area (Å²) < 4.78 is 5.11. The number of carbonyl (C=O) groups is 1. The summed E-state index contributed by atoms with van der Waals surface area (Å²) >= 11 is 0. The number of nitrogens with zero attached hydrogens (tertiary/aromatic N) is 1. The first-order valence-electron chi connectivity index (χ1n) is 6.83. The topological polar surface area (TPSA) is 87.2 Å². The Kier molecular flexibility index (Phi) is 3.91. The number of H-pyrrole nitrogens is 1. The van der Waals surface area contributed by atoms with E-state index < -0.39 is 6.09 Å². The fourth-order valence-electron chi connectivity index (χ4n) is 2.06. The van der Waals surface area contributed by atoms with E-state index >= 15 is 0 Å². The number of aromatic amines is 1. The Morgan fingerprint density at radius 3 is 2.86 bits per heavy atom. The normalized spacial score (nSPS) is 10.5. The van der Waals surface area contributed by atoms with Gasteiger partial charge >= 0.3 is 6.09 Å². The molecule has 3 rings (SSSR count). The van der Waals surface area contributed by atoms with Gasteiger partial charge in [0, 0.05) is 6.07 Å².